The van der Waals surface area contributed by atoms with E-state index in [9.17, 15) is 13.2 Å². The number of rotatable bonds is 6. The Bertz CT molecular complexity index is 682. The van der Waals surface area contributed by atoms with Gasteiger partial charge in [0.2, 0.25) is 15.9 Å². The number of carbonyl (C=O) groups is 1. The largest absolute Gasteiger partial charge is 0.353 e. The van der Waals surface area contributed by atoms with Gasteiger partial charge in [0, 0.05) is 19.0 Å². The lowest BCUT2D eigenvalue weighted by atomic mass is 10.1. The SMILES string of the molecule is Cc1cc(C)c(S(=O)(=O)NCCC(=O)NC2CCCCCC2)c(C)c1. The third-order valence-corrected chi connectivity index (χ3v) is 6.50. The summed E-state index contributed by atoms with van der Waals surface area (Å²) in [6.45, 7) is 5.66. The van der Waals surface area contributed by atoms with Gasteiger partial charge >= 0.3 is 0 Å². The van der Waals surface area contributed by atoms with Crippen molar-refractivity contribution in [2.24, 2.45) is 0 Å². The molecule has 1 fully saturated rings. The summed E-state index contributed by atoms with van der Waals surface area (Å²) < 4.78 is 27.7. The fourth-order valence-electron chi connectivity index (χ4n) is 3.69. The van der Waals surface area contributed by atoms with Crippen LogP contribution in [0.2, 0.25) is 0 Å². The van der Waals surface area contributed by atoms with Crippen LogP contribution in [0, 0.1) is 20.8 Å². The highest BCUT2D eigenvalue weighted by Gasteiger charge is 2.20. The molecule has 1 saturated carbocycles. The highest BCUT2D eigenvalue weighted by atomic mass is 32.2. The molecule has 25 heavy (non-hydrogen) atoms. The normalized spacial score (nSPS) is 16.4. The highest BCUT2D eigenvalue weighted by molar-refractivity contribution is 7.89. The Morgan fingerprint density at radius 1 is 1.04 bits per heavy atom. The second-order valence-corrected chi connectivity index (χ2v) is 8.84. The maximum atomic E-state index is 12.6. The fourth-order valence-corrected chi connectivity index (χ4v) is 5.17. The lowest BCUT2D eigenvalue weighted by molar-refractivity contribution is -0.121. The first-order valence-electron chi connectivity index (χ1n) is 9.16. The van der Waals surface area contributed by atoms with Crippen molar-refractivity contribution in [2.75, 3.05) is 6.54 Å². The summed E-state index contributed by atoms with van der Waals surface area (Å²) >= 11 is 0. The predicted octanol–water partition coefficient (Wildman–Crippen LogP) is 3.12. The molecule has 1 aromatic carbocycles. The molecule has 2 rings (SSSR count). The van der Waals surface area contributed by atoms with E-state index in [2.05, 4.69) is 10.0 Å². The van der Waals surface area contributed by atoms with Crippen LogP contribution in [0.4, 0.5) is 0 Å². The van der Waals surface area contributed by atoms with Crippen LogP contribution in [-0.4, -0.2) is 26.9 Å². The molecule has 0 saturated heterocycles. The third kappa shape index (κ3) is 5.82. The zero-order chi connectivity index (χ0) is 18.4. The second kappa shape index (κ2) is 8.81. The molecule has 1 aliphatic rings. The van der Waals surface area contributed by atoms with E-state index in [0.29, 0.717) is 4.90 Å². The van der Waals surface area contributed by atoms with Gasteiger partial charge in [0.05, 0.1) is 4.90 Å². The summed E-state index contributed by atoms with van der Waals surface area (Å²) in [5.74, 6) is -0.0769. The number of carbonyl (C=O) groups excluding carboxylic acids is 1. The molecule has 0 radical (unpaired) electrons. The van der Waals surface area contributed by atoms with Crippen LogP contribution in [-0.2, 0) is 14.8 Å². The van der Waals surface area contributed by atoms with Crippen molar-refractivity contribution >= 4 is 15.9 Å². The van der Waals surface area contributed by atoms with Gasteiger partial charge in [0.15, 0.2) is 0 Å². The van der Waals surface area contributed by atoms with Crippen molar-refractivity contribution in [2.45, 2.75) is 76.7 Å². The maximum Gasteiger partial charge on any atom is 0.241 e. The lowest BCUT2D eigenvalue weighted by Crippen LogP contribution is -2.37. The van der Waals surface area contributed by atoms with Crippen molar-refractivity contribution in [3.05, 3.63) is 28.8 Å². The molecule has 0 unspecified atom stereocenters. The Kier molecular flexibility index (Phi) is 7.02. The number of benzene rings is 1. The first kappa shape index (κ1) is 19.9. The van der Waals surface area contributed by atoms with Gasteiger partial charge in [-0.25, -0.2) is 13.1 Å². The molecule has 1 aliphatic carbocycles. The van der Waals surface area contributed by atoms with Gasteiger partial charge in [-0.3, -0.25) is 4.79 Å². The number of amides is 1. The Hall–Kier alpha value is -1.40. The lowest BCUT2D eigenvalue weighted by Gasteiger charge is -2.16. The quantitative estimate of drug-likeness (QED) is 0.760. The van der Waals surface area contributed by atoms with E-state index in [1.54, 1.807) is 13.8 Å². The topological polar surface area (TPSA) is 75.3 Å². The van der Waals surface area contributed by atoms with Crippen LogP contribution in [0.3, 0.4) is 0 Å². The third-order valence-electron chi connectivity index (χ3n) is 4.74. The summed E-state index contributed by atoms with van der Waals surface area (Å²) in [4.78, 5) is 12.4. The average molecular weight is 367 g/mol. The fraction of sp³-hybridized carbons (Fsp3) is 0.632. The van der Waals surface area contributed by atoms with Crippen LogP contribution in [0.25, 0.3) is 0 Å². The molecule has 140 valence electrons. The van der Waals surface area contributed by atoms with E-state index in [-0.39, 0.29) is 24.9 Å². The van der Waals surface area contributed by atoms with E-state index >= 15 is 0 Å². The molecule has 2 N–H and O–H groups in total. The van der Waals surface area contributed by atoms with E-state index in [0.717, 1.165) is 42.4 Å². The predicted molar refractivity (Wildman–Crippen MR) is 100 cm³/mol. The van der Waals surface area contributed by atoms with Crippen LogP contribution in [0.15, 0.2) is 17.0 Å². The van der Waals surface area contributed by atoms with Crippen molar-refractivity contribution < 1.29 is 13.2 Å². The van der Waals surface area contributed by atoms with E-state index in [4.69, 9.17) is 0 Å². The van der Waals surface area contributed by atoms with Gasteiger partial charge in [0.25, 0.3) is 0 Å². The van der Waals surface area contributed by atoms with Gasteiger partial charge < -0.3 is 5.32 Å². The molecule has 6 heteroatoms. The van der Waals surface area contributed by atoms with Gasteiger partial charge in [-0.2, -0.15) is 0 Å². The van der Waals surface area contributed by atoms with Crippen molar-refractivity contribution in [3.63, 3.8) is 0 Å². The summed E-state index contributed by atoms with van der Waals surface area (Å²) in [5.41, 5.74) is 2.50. The Morgan fingerprint density at radius 2 is 1.60 bits per heavy atom. The molecule has 0 aromatic heterocycles. The zero-order valence-electron chi connectivity index (χ0n) is 15.5. The first-order chi connectivity index (χ1) is 11.8. The molecule has 0 spiro atoms. The molecule has 5 nitrogen and oxygen atoms in total. The van der Waals surface area contributed by atoms with E-state index in [1.807, 2.05) is 19.1 Å². The number of hydrogen-bond acceptors (Lipinski definition) is 3. The molecule has 0 bridgehead atoms. The molecular weight excluding hydrogens is 336 g/mol. The Morgan fingerprint density at radius 3 is 2.16 bits per heavy atom. The minimum absolute atomic E-state index is 0.0769. The summed E-state index contributed by atoms with van der Waals surface area (Å²) in [7, 11) is -3.60. The van der Waals surface area contributed by atoms with E-state index in [1.165, 1.54) is 12.8 Å². The Labute approximate surface area is 151 Å². The summed E-state index contributed by atoms with van der Waals surface area (Å²) in [6, 6.07) is 3.97. The van der Waals surface area contributed by atoms with Gasteiger partial charge in [-0.1, -0.05) is 43.4 Å². The van der Waals surface area contributed by atoms with Crippen LogP contribution in [0.1, 0.15) is 61.6 Å². The number of nitrogens with one attached hydrogen (secondary N) is 2. The van der Waals surface area contributed by atoms with E-state index < -0.39 is 10.0 Å². The van der Waals surface area contributed by atoms with Gasteiger partial charge in [-0.15, -0.1) is 0 Å². The molecule has 0 aliphatic heterocycles. The molecule has 0 atom stereocenters. The van der Waals surface area contributed by atoms with Crippen molar-refractivity contribution in [3.8, 4) is 0 Å². The number of aryl methyl sites for hydroxylation is 3. The number of sulfonamides is 1. The van der Waals surface area contributed by atoms with Crippen LogP contribution in [0.5, 0.6) is 0 Å². The zero-order valence-corrected chi connectivity index (χ0v) is 16.3. The molecule has 0 heterocycles. The Balaban J connectivity index is 1.89. The van der Waals surface area contributed by atoms with Gasteiger partial charge in [-0.05, 0) is 44.7 Å². The molecule has 1 amide bonds. The standard InChI is InChI=1S/C19H30N2O3S/c1-14-12-15(2)19(16(3)13-14)25(23,24)20-11-10-18(22)21-17-8-6-4-5-7-9-17/h12-13,17,20H,4-11H2,1-3H3,(H,21,22). The first-order valence-corrected chi connectivity index (χ1v) is 10.6. The summed E-state index contributed by atoms with van der Waals surface area (Å²) in [5, 5.41) is 3.04. The van der Waals surface area contributed by atoms with Crippen LogP contribution >= 0.6 is 0 Å². The number of hydrogen-bond donors (Lipinski definition) is 2. The van der Waals surface area contributed by atoms with Crippen LogP contribution < -0.4 is 10.0 Å². The highest BCUT2D eigenvalue weighted by Crippen LogP contribution is 2.21. The molecule has 1 aromatic rings. The maximum absolute atomic E-state index is 12.6. The monoisotopic (exact) mass is 366 g/mol. The second-order valence-electron chi connectivity index (χ2n) is 7.13. The minimum atomic E-state index is -3.60. The summed E-state index contributed by atoms with van der Waals surface area (Å²) in [6.07, 6.45) is 7.01. The minimum Gasteiger partial charge on any atom is -0.353 e. The van der Waals surface area contributed by atoms with Crippen molar-refractivity contribution in [1.82, 2.24) is 10.0 Å². The van der Waals surface area contributed by atoms with Gasteiger partial charge in [0.1, 0.15) is 0 Å². The molecular formula is C19H30N2O3S. The van der Waals surface area contributed by atoms with Crippen molar-refractivity contribution in [1.29, 1.82) is 0 Å². The smallest absolute Gasteiger partial charge is 0.241 e. The average Bonchev–Trinajstić information content (AvgIpc) is 2.74.